The van der Waals surface area contributed by atoms with E-state index in [1.807, 2.05) is 59.5 Å². The van der Waals surface area contributed by atoms with Gasteiger partial charge in [0.2, 0.25) is 17.7 Å². The number of hydrogen-bond acceptors (Lipinski definition) is 7. The number of rotatable bonds is 15. The van der Waals surface area contributed by atoms with E-state index in [-0.39, 0.29) is 24.7 Å². The van der Waals surface area contributed by atoms with Crippen molar-refractivity contribution in [3.05, 3.63) is 87.1 Å². The predicted octanol–water partition coefficient (Wildman–Crippen LogP) is 4.20. The summed E-state index contributed by atoms with van der Waals surface area (Å²) in [6.07, 6.45) is 7.32. The minimum absolute atomic E-state index is 0.120. The van der Waals surface area contributed by atoms with Gasteiger partial charge in [0, 0.05) is 66.0 Å². The number of benzene rings is 2. The number of pyridine rings is 1. The fraction of sp³-hybridized carbons (Fsp3) is 0.412. The molecule has 3 amide bonds. The molecule has 3 aromatic rings. The molecule has 0 spiro atoms. The molecule has 4 rings (SSSR count). The van der Waals surface area contributed by atoms with Crippen LogP contribution in [0.15, 0.2) is 75.9 Å². The number of nitrogens with one attached hydrogen (secondary N) is 2. The van der Waals surface area contributed by atoms with Crippen molar-refractivity contribution in [2.45, 2.75) is 57.0 Å². The number of unbranched alkanes of at least 4 members (excludes halogenated alkanes) is 1. The van der Waals surface area contributed by atoms with Crippen molar-refractivity contribution in [1.82, 2.24) is 20.5 Å². The average molecular weight is 758 g/mol. The fourth-order valence-corrected chi connectivity index (χ4v) is 6.83. The Labute approximate surface area is 287 Å². The average Bonchev–Trinajstić information content (AvgIpc) is 3.07. The van der Waals surface area contributed by atoms with E-state index in [1.54, 1.807) is 12.4 Å². The van der Waals surface area contributed by atoms with Crippen molar-refractivity contribution in [1.29, 1.82) is 0 Å². The first-order valence-electron chi connectivity index (χ1n) is 15.8. The second-order valence-electron chi connectivity index (χ2n) is 11.5. The van der Waals surface area contributed by atoms with Crippen LogP contribution in [0.4, 0.5) is 11.4 Å². The SMILES string of the molecule is NCCCC[C@@H](NC(=O)[C@H](Cc1cc(Br)c(N)c(Br)c1)NC(=O)CCCc1ccccc1)C(=O)N1CCN(c2ccncc2)CC1. The van der Waals surface area contributed by atoms with E-state index in [2.05, 4.69) is 52.4 Å². The zero-order chi connectivity index (χ0) is 32.9. The molecule has 2 aromatic carbocycles. The lowest BCUT2D eigenvalue weighted by Crippen LogP contribution is -2.57. The summed E-state index contributed by atoms with van der Waals surface area (Å²) in [5, 5.41) is 5.96. The first-order valence-corrected chi connectivity index (χ1v) is 17.3. The Bertz CT molecular complexity index is 1410. The number of aromatic nitrogens is 1. The van der Waals surface area contributed by atoms with E-state index in [0.717, 1.165) is 29.7 Å². The third-order valence-corrected chi connectivity index (χ3v) is 9.44. The quantitative estimate of drug-likeness (QED) is 0.134. The van der Waals surface area contributed by atoms with Crippen molar-refractivity contribution in [3.63, 3.8) is 0 Å². The second-order valence-corrected chi connectivity index (χ2v) is 13.2. The highest BCUT2D eigenvalue weighted by Gasteiger charge is 2.31. The Morgan fingerprint density at radius 3 is 2.17 bits per heavy atom. The standard InChI is InChI=1S/C34H43Br2N7O3/c35-27-21-25(22-28(36)32(27)38)23-30(40-31(44)11-6-9-24-7-2-1-3-8-24)33(45)41-29(10-4-5-14-37)34(46)43-19-17-42(18-20-43)26-12-15-39-16-13-26/h1-3,7-8,12-13,15-16,21-22,29-30H,4-6,9-11,14,17-20,23,37-38H2,(H,40,44)(H,41,45)/t29-,30+/m1/s1. The van der Waals surface area contributed by atoms with E-state index >= 15 is 0 Å². The van der Waals surface area contributed by atoms with Gasteiger partial charge < -0.3 is 31.9 Å². The minimum Gasteiger partial charge on any atom is -0.397 e. The van der Waals surface area contributed by atoms with Crippen LogP contribution in [-0.2, 0) is 27.2 Å². The molecule has 12 heteroatoms. The van der Waals surface area contributed by atoms with Crippen LogP contribution in [0.1, 0.15) is 43.2 Å². The maximum atomic E-state index is 13.9. The van der Waals surface area contributed by atoms with Gasteiger partial charge in [-0.3, -0.25) is 19.4 Å². The van der Waals surface area contributed by atoms with Crippen LogP contribution in [-0.4, -0.2) is 72.4 Å². The largest absolute Gasteiger partial charge is 0.397 e. The summed E-state index contributed by atoms with van der Waals surface area (Å²) in [6, 6.07) is 16.0. The van der Waals surface area contributed by atoms with Crippen LogP contribution >= 0.6 is 31.9 Å². The summed E-state index contributed by atoms with van der Waals surface area (Å²) in [4.78, 5) is 49.0. The number of amides is 3. The topological polar surface area (TPSA) is 147 Å². The molecule has 10 nitrogen and oxygen atoms in total. The van der Waals surface area contributed by atoms with Gasteiger partial charge in [0.05, 0.1) is 5.69 Å². The van der Waals surface area contributed by atoms with Crippen LogP contribution in [0.3, 0.4) is 0 Å². The Balaban J connectivity index is 1.45. The molecule has 0 aliphatic carbocycles. The molecule has 0 radical (unpaired) electrons. The first-order chi connectivity index (χ1) is 22.2. The molecule has 6 N–H and O–H groups in total. The van der Waals surface area contributed by atoms with Gasteiger partial charge in [0.25, 0.3) is 0 Å². The number of nitrogens with two attached hydrogens (primary N) is 2. The summed E-state index contributed by atoms with van der Waals surface area (Å²) >= 11 is 6.96. The van der Waals surface area contributed by atoms with Crippen molar-refractivity contribution >= 4 is 61.0 Å². The zero-order valence-electron chi connectivity index (χ0n) is 26.0. The molecular formula is C34H43Br2N7O3. The van der Waals surface area contributed by atoms with E-state index < -0.39 is 18.0 Å². The van der Waals surface area contributed by atoms with Crippen molar-refractivity contribution in [2.24, 2.45) is 5.73 Å². The molecule has 0 bridgehead atoms. The molecule has 1 aliphatic heterocycles. The lowest BCUT2D eigenvalue weighted by atomic mass is 10.0. The lowest BCUT2D eigenvalue weighted by molar-refractivity contribution is -0.137. The Morgan fingerprint density at radius 2 is 1.52 bits per heavy atom. The number of nitrogen functional groups attached to an aromatic ring is 1. The Hall–Kier alpha value is -3.48. The van der Waals surface area contributed by atoms with E-state index in [4.69, 9.17) is 11.5 Å². The molecule has 2 heterocycles. The van der Waals surface area contributed by atoms with Crippen LogP contribution in [0, 0.1) is 0 Å². The monoisotopic (exact) mass is 755 g/mol. The smallest absolute Gasteiger partial charge is 0.245 e. The van der Waals surface area contributed by atoms with Gasteiger partial charge in [-0.05, 0) is 106 Å². The van der Waals surface area contributed by atoms with Crippen LogP contribution in [0.5, 0.6) is 0 Å². The second kappa shape index (κ2) is 18.0. The summed E-state index contributed by atoms with van der Waals surface area (Å²) in [6.45, 7) is 2.95. The lowest BCUT2D eigenvalue weighted by Gasteiger charge is -2.37. The number of carbonyl (C=O) groups is 3. The highest BCUT2D eigenvalue weighted by molar-refractivity contribution is 9.11. The highest BCUT2D eigenvalue weighted by atomic mass is 79.9. The first kappa shape index (κ1) is 35.4. The third kappa shape index (κ3) is 10.5. The normalized spacial score (nSPS) is 14.4. The molecule has 0 unspecified atom stereocenters. The summed E-state index contributed by atoms with van der Waals surface area (Å²) in [5.74, 6) is -0.740. The number of halogens is 2. The molecule has 1 aromatic heterocycles. The van der Waals surface area contributed by atoms with Gasteiger partial charge in [-0.2, -0.15) is 0 Å². The Kier molecular flexibility index (Phi) is 13.9. The molecule has 1 fully saturated rings. The number of aryl methyl sites for hydroxylation is 1. The summed E-state index contributed by atoms with van der Waals surface area (Å²) in [7, 11) is 0. The van der Waals surface area contributed by atoms with Crippen LogP contribution in [0.2, 0.25) is 0 Å². The summed E-state index contributed by atoms with van der Waals surface area (Å²) < 4.78 is 1.37. The zero-order valence-corrected chi connectivity index (χ0v) is 29.1. The molecule has 0 saturated carbocycles. The molecule has 246 valence electrons. The number of carbonyl (C=O) groups excluding carboxylic acids is 3. The van der Waals surface area contributed by atoms with Crippen molar-refractivity contribution < 1.29 is 14.4 Å². The maximum Gasteiger partial charge on any atom is 0.245 e. The predicted molar refractivity (Wildman–Crippen MR) is 189 cm³/mol. The minimum atomic E-state index is -0.889. The van der Waals surface area contributed by atoms with E-state index in [9.17, 15) is 14.4 Å². The van der Waals surface area contributed by atoms with Crippen LogP contribution in [0.25, 0.3) is 0 Å². The molecular weight excluding hydrogens is 714 g/mol. The number of piperazine rings is 1. The van der Waals surface area contributed by atoms with E-state index in [1.165, 1.54) is 0 Å². The Morgan fingerprint density at radius 1 is 0.848 bits per heavy atom. The number of anilines is 2. The van der Waals surface area contributed by atoms with E-state index in [0.29, 0.717) is 66.6 Å². The van der Waals surface area contributed by atoms with Gasteiger partial charge in [0.15, 0.2) is 0 Å². The van der Waals surface area contributed by atoms with Crippen molar-refractivity contribution in [2.75, 3.05) is 43.4 Å². The molecule has 46 heavy (non-hydrogen) atoms. The van der Waals surface area contributed by atoms with Crippen LogP contribution < -0.4 is 27.0 Å². The highest BCUT2D eigenvalue weighted by Crippen LogP contribution is 2.30. The van der Waals surface area contributed by atoms with Gasteiger partial charge in [0.1, 0.15) is 12.1 Å². The maximum absolute atomic E-state index is 13.9. The fourth-order valence-electron chi connectivity index (χ4n) is 5.55. The molecule has 1 saturated heterocycles. The van der Waals surface area contributed by atoms with Gasteiger partial charge in [-0.15, -0.1) is 0 Å². The van der Waals surface area contributed by atoms with Gasteiger partial charge >= 0.3 is 0 Å². The number of hydrogen-bond donors (Lipinski definition) is 4. The summed E-state index contributed by atoms with van der Waals surface area (Å²) in [5.41, 5.74) is 15.4. The molecule has 1 aliphatic rings. The third-order valence-electron chi connectivity index (χ3n) is 8.12. The number of nitrogens with zero attached hydrogens (tertiary/aromatic N) is 3. The van der Waals surface area contributed by atoms with Gasteiger partial charge in [-0.25, -0.2) is 0 Å². The molecule has 2 atom stereocenters. The van der Waals surface area contributed by atoms with Gasteiger partial charge in [-0.1, -0.05) is 30.3 Å². The van der Waals surface area contributed by atoms with Crippen molar-refractivity contribution in [3.8, 4) is 0 Å².